The van der Waals surface area contributed by atoms with E-state index in [-0.39, 0.29) is 5.91 Å². The minimum absolute atomic E-state index is 0.0569. The first-order valence-electron chi connectivity index (χ1n) is 10.8. The standard InChI is InChI=1S/C24H28N4O2S/c1-30-19-13-11-17(12-14-19)15-25-23-20-9-5-6-10-21(20)27-24(28-23)31-16-22(29)26-18-7-3-2-4-8-18/h5-6,9-14,18H,2-4,7-8,15-16H2,1H3,(H,26,29)(H,25,27,28). The van der Waals surface area contributed by atoms with Crippen molar-refractivity contribution in [3.8, 4) is 5.75 Å². The maximum Gasteiger partial charge on any atom is 0.230 e. The summed E-state index contributed by atoms with van der Waals surface area (Å²) in [6, 6.07) is 16.2. The Morgan fingerprint density at radius 1 is 1.06 bits per heavy atom. The molecule has 4 rings (SSSR count). The Bertz CT molecular complexity index is 1020. The van der Waals surface area contributed by atoms with Crippen molar-refractivity contribution < 1.29 is 9.53 Å². The number of rotatable bonds is 8. The molecule has 1 aliphatic rings. The van der Waals surface area contributed by atoms with Crippen LogP contribution in [0.2, 0.25) is 0 Å². The molecule has 1 aromatic heterocycles. The lowest BCUT2D eigenvalue weighted by Crippen LogP contribution is -2.37. The molecule has 0 unspecified atom stereocenters. The van der Waals surface area contributed by atoms with E-state index in [2.05, 4.69) is 15.6 Å². The van der Waals surface area contributed by atoms with Gasteiger partial charge in [0.15, 0.2) is 5.16 Å². The summed E-state index contributed by atoms with van der Waals surface area (Å²) in [5.74, 6) is 1.99. The summed E-state index contributed by atoms with van der Waals surface area (Å²) in [6.07, 6.45) is 5.85. The molecule has 1 amide bonds. The van der Waals surface area contributed by atoms with Crippen LogP contribution in [0.5, 0.6) is 5.75 Å². The van der Waals surface area contributed by atoms with Crippen LogP contribution in [0, 0.1) is 0 Å². The molecule has 3 aromatic rings. The highest BCUT2D eigenvalue weighted by Gasteiger charge is 2.16. The number of hydrogen-bond donors (Lipinski definition) is 2. The zero-order chi connectivity index (χ0) is 21.5. The van der Waals surface area contributed by atoms with Crippen LogP contribution in [-0.2, 0) is 11.3 Å². The molecule has 2 aromatic carbocycles. The molecule has 2 N–H and O–H groups in total. The van der Waals surface area contributed by atoms with Crippen molar-refractivity contribution in [3.05, 3.63) is 54.1 Å². The van der Waals surface area contributed by atoms with E-state index in [1.165, 1.54) is 31.0 Å². The summed E-state index contributed by atoms with van der Waals surface area (Å²) >= 11 is 1.38. The Hall–Kier alpha value is -2.80. The molecule has 162 valence electrons. The van der Waals surface area contributed by atoms with E-state index >= 15 is 0 Å². The topological polar surface area (TPSA) is 76.1 Å². The minimum atomic E-state index is 0.0569. The summed E-state index contributed by atoms with van der Waals surface area (Å²) in [4.78, 5) is 21.7. The van der Waals surface area contributed by atoms with Gasteiger partial charge in [-0.05, 0) is 42.7 Å². The van der Waals surface area contributed by atoms with Gasteiger partial charge in [0.25, 0.3) is 0 Å². The summed E-state index contributed by atoms with van der Waals surface area (Å²) in [7, 11) is 1.66. The van der Waals surface area contributed by atoms with Gasteiger partial charge >= 0.3 is 0 Å². The quantitative estimate of drug-likeness (QED) is 0.391. The number of carbonyl (C=O) groups excluding carboxylic acids is 1. The van der Waals surface area contributed by atoms with Gasteiger partial charge in [0.05, 0.1) is 18.4 Å². The molecule has 1 aliphatic carbocycles. The summed E-state index contributed by atoms with van der Waals surface area (Å²) in [5.41, 5.74) is 1.99. The van der Waals surface area contributed by atoms with Crippen molar-refractivity contribution in [1.29, 1.82) is 0 Å². The zero-order valence-corrected chi connectivity index (χ0v) is 18.6. The van der Waals surface area contributed by atoms with Gasteiger partial charge in [-0.1, -0.05) is 55.3 Å². The molecule has 1 saturated carbocycles. The van der Waals surface area contributed by atoms with Crippen molar-refractivity contribution in [2.24, 2.45) is 0 Å². The highest BCUT2D eigenvalue weighted by Crippen LogP contribution is 2.25. The maximum absolute atomic E-state index is 12.4. The van der Waals surface area contributed by atoms with Crippen LogP contribution in [0.4, 0.5) is 5.82 Å². The molecule has 0 aliphatic heterocycles. The number of amides is 1. The van der Waals surface area contributed by atoms with Crippen molar-refractivity contribution in [2.75, 3.05) is 18.2 Å². The number of fused-ring (bicyclic) bond motifs is 1. The second-order valence-corrected chi connectivity index (χ2v) is 8.71. The van der Waals surface area contributed by atoms with E-state index in [9.17, 15) is 4.79 Å². The first kappa shape index (κ1) is 21.4. The molecular formula is C24H28N4O2S. The van der Waals surface area contributed by atoms with Crippen LogP contribution in [0.1, 0.15) is 37.7 Å². The lowest BCUT2D eigenvalue weighted by molar-refractivity contribution is -0.119. The molecule has 0 bridgehead atoms. The molecule has 7 heteroatoms. The van der Waals surface area contributed by atoms with Gasteiger partial charge in [0, 0.05) is 18.0 Å². The van der Waals surface area contributed by atoms with Crippen LogP contribution in [0.25, 0.3) is 10.9 Å². The number of carbonyl (C=O) groups is 1. The average molecular weight is 437 g/mol. The number of aromatic nitrogens is 2. The largest absolute Gasteiger partial charge is 0.497 e. The van der Waals surface area contributed by atoms with E-state index < -0.39 is 0 Å². The predicted octanol–water partition coefficient (Wildman–Crippen LogP) is 4.79. The number of thioether (sulfide) groups is 1. The van der Waals surface area contributed by atoms with E-state index in [0.717, 1.165) is 40.9 Å². The highest BCUT2D eigenvalue weighted by atomic mass is 32.2. The number of anilines is 1. The monoisotopic (exact) mass is 436 g/mol. The van der Waals surface area contributed by atoms with Gasteiger partial charge in [-0.25, -0.2) is 9.97 Å². The van der Waals surface area contributed by atoms with Crippen LogP contribution in [-0.4, -0.2) is 34.8 Å². The fourth-order valence-corrected chi connectivity index (χ4v) is 4.49. The number of nitrogens with zero attached hydrogens (tertiary/aromatic N) is 2. The van der Waals surface area contributed by atoms with Crippen molar-refractivity contribution in [3.63, 3.8) is 0 Å². The molecule has 31 heavy (non-hydrogen) atoms. The molecule has 1 fully saturated rings. The smallest absolute Gasteiger partial charge is 0.230 e. The third kappa shape index (κ3) is 5.88. The number of benzene rings is 2. The van der Waals surface area contributed by atoms with Crippen LogP contribution in [0.15, 0.2) is 53.7 Å². The number of methoxy groups -OCH3 is 1. The lowest BCUT2D eigenvalue weighted by Gasteiger charge is -2.22. The van der Waals surface area contributed by atoms with E-state index in [4.69, 9.17) is 9.72 Å². The molecule has 0 atom stereocenters. The van der Waals surface area contributed by atoms with E-state index in [1.807, 2.05) is 48.5 Å². The third-order valence-corrected chi connectivity index (χ3v) is 6.35. The summed E-state index contributed by atoms with van der Waals surface area (Å²) in [5, 5.41) is 8.16. The molecule has 0 spiro atoms. The fourth-order valence-electron chi connectivity index (χ4n) is 3.83. The Kier molecular flexibility index (Phi) is 7.25. The van der Waals surface area contributed by atoms with Gasteiger partial charge in [-0.15, -0.1) is 0 Å². The van der Waals surface area contributed by atoms with Crippen molar-refractivity contribution in [1.82, 2.24) is 15.3 Å². The van der Waals surface area contributed by atoms with Gasteiger partial charge in [0.2, 0.25) is 5.91 Å². The SMILES string of the molecule is COc1ccc(CNc2nc(SCC(=O)NC3CCCCC3)nc3ccccc23)cc1. The number of ether oxygens (including phenoxy) is 1. The van der Waals surface area contributed by atoms with Gasteiger partial charge < -0.3 is 15.4 Å². The Labute approximate surface area is 187 Å². The normalized spacial score (nSPS) is 14.4. The predicted molar refractivity (Wildman–Crippen MR) is 126 cm³/mol. The van der Waals surface area contributed by atoms with Crippen LogP contribution >= 0.6 is 11.8 Å². The Balaban J connectivity index is 1.43. The maximum atomic E-state index is 12.4. The molecule has 6 nitrogen and oxygen atoms in total. The summed E-state index contributed by atoms with van der Waals surface area (Å²) < 4.78 is 5.22. The van der Waals surface area contributed by atoms with Gasteiger partial charge in [0.1, 0.15) is 11.6 Å². The number of hydrogen-bond acceptors (Lipinski definition) is 6. The van der Waals surface area contributed by atoms with E-state index in [0.29, 0.717) is 23.5 Å². The van der Waals surface area contributed by atoms with Crippen LogP contribution < -0.4 is 15.4 Å². The molecule has 0 saturated heterocycles. The second kappa shape index (κ2) is 10.5. The van der Waals surface area contributed by atoms with Gasteiger partial charge in [-0.2, -0.15) is 0 Å². The first-order valence-corrected chi connectivity index (χ1v) is 11.8. The summed E-state index contributed by atoms with van der Waals surface area (Å²) in [6.45, 7) is 0.636. The van der Waals surface area contributed by atoms with E-state index in [1.54, 1.807) is 7.11 Å². The average Bonchev–Trinajstić information content (AvgIpc) is 2.82. The molecule has 1 heterocycles. The zero-order valence-electron chi connectivity index (χ0n) is 17.8. The Morgan fingerprint density at radius 3 is 2.61 bits per heavy atom. The van der Waals surface area contributed by atoms with Crippen molar-refractivity contribution in [2.45, 2.75) is 49.8 Å². The number of nitrogens with one attached hydrogen (secondary N) is 2. The second-order valence-electron chi connectivity index (χ2n) is 7.76. The highest BCUT2D eigenvalue weighted by molar-refractivity contribution is 7.99. The van der Waals surface area contributed by atoms with Crippen molar-refractivity contribution >= 4 is 34.4 Å². The van der Waals surface area contributed by atoms with Crippen LogP contribution in [0.3, 0.4) is 0 Å². The minimum Gasteiger partial charge on any atom is -0.497 e. The van der Waals surface area contributed by atoms with Gasteiger partial charge in [-0.3, -0.25) is 4.79 Å². The third-order valence-electron chi connectivity index (χ3n) is 5.50. The number of para-hydroxylation sites is 1. The molecule has 0 radical (unpaired) electrons. The first-order chi connectivity index (χ1) is 15.2. The molecular weight excluding hydrogens is 408 g/mol. The Morgan fingerprint density at radius 2 is 1.84 bits per heavy atom. The lowest BCUT2D eigenvalue weighted by atomic mass is 9.95. The fraction of sp³-hybridized carbons (Fsp3) is 0.375.